The number of hydrogen-bond donors (Lipinski definition) is 1. The van der Waals surface area contributed by atoms with Crippen LogP contribution in [0, 0.1) is 0 Å². The van der Waals surface area contributed by atoms with E-state index >= 15 is 0 Å². The van der Waals surface area contributed by atoms with Crippen LogP contribution < -0.4 is 4.74 Å². The van der Waals surface area contributed by atoms with Crippen LogP contribution in [0.2, 0.25) is 0 Å². The zero-order valence-electron chi connectivity index (χ0n) is 8.77. The normalized spacial score (nSPS) is 12.1. The molecular weight excluding hydrogens is 196 g/mol. The SMILES string of the molecule is COC(C)Oc1ccc(CC(=O)O)cc1. The largest absolute Gasteiger partial charge is 0.481 e. The molecule has 0 aliphatic carbocycles. The average molecular weight is 210 g/mol. The van der Waals surface area contributed by atoms with Crippen molar-refractivity contribution in [2.45, 2.75) is 19.6 Å². The number of carboxylic acids is 1. The van der Waals surface area contributed by atoms with Gasteiger partial charge in [-0.1, -0.05) is 12.1 Å². The van der Waals surface area contributed by atoms with E-state index in [1.165, 1.54) is 0 Å². The molecule has 4 nitrogen and oxygen atoms in total. The molecule has 0 heterocycles. The number of carbonyl (C=O) groups is 1. The first kappa shape index (κ1) is 11.5. The first-order valence-corrected chi connectivity index (χ1v) is 4.62. The third-order valence-electron chi connectivity index (χ3n) is 1.91. The lowest BCUT2D eigenvalue weighted by atomic mass is 10.1. The fourth-order valence-electron chi connectivity index (χ4n) is 1.10. The third kappa shape index (κ3) is 3.99. The van der Waals surface area contributed by atoms with Crippen LogP contribution in [0.5, 0.6) is 5.75 Å². The maximum absolute atomic E-state index is 10.4. The highest BCUT2D eigenvalue weighted by molar-refractivity contribution is 5.70. The van der Waals surface area contributed by atoms with Crippen molar-refractivity contribution in [3.8, 4) is 5.75 Å². The van der Waals surface area contributed by atoms with E-state index in [4.69, 9.17) is 14.6 Å². The molecule has 0 spiro atoms. The maximum Gasteiger partial charge on any atom is 0.307 e. The Balaban J connectivity index is 2.60. The lowest BCUT2D eigenvalue weighted by Gasteiger charge is -2.12. The Bertz CT molecular complexity index is 318. The molecule has 1 atom stereocenters. The molecule has 1 unspecified atom stereocenters. The van der Waals surface area contributed by atoms with Gasteiger partial charge in [0.15, 0.2) is 6.29 Å². The lowest BCUT2D eigenvalue weighted by Crippen LogP contribution is -2.13. The molecule has 82 valence electrons. The molecule has 0 aliphatic rings. The molecule has 0 aliphatic heterocycles. The van der Waals surface area contributed by atoms with Gasteiger partial charge >= 0.3 is 5.97 Å². The minimum Gasteiger partial charge on any atom is -0.481 e. The van der Waals surface area contributed by atoms with Gasteiger partial charge in [-0.2, -0.15) is 0 Å². The Hall–Kier alpha value is -1.55. The average Bonchev–Trinajstić information content (AvgIpc) is 2.20. The highest BCUT2D eigenvalue weighted by Gasteiger charge is 2.03. The van der Waals surface area contributed by atoms with Gasteiger partial charge in [0.05, 0.1) is 6.42 Å². The molecule has 0 saturated carbocycles. The van der Waals surface area contributed by atoms with E-state index in [0.29, 0.717) is 5.75 Å². The summed E-state index contributed by atoms with van der Waals surface area (Å²) in [5.41, 5.74) is 0.750. The summed E-state index contributed by atoms with van der Waals surface area (Å²) in [7, 11) is 1.56. The Labute approximate surface area is 88.4 Å². The van der Waals surface area contributed by atoms with Crippen molar-refractivity contribution in [1.82, 2.24) is 0 Å². The van der Waals surface area contributed by atoms with Gasteiger partial charge in [-0.3, -0.25) is 4.79 Å². The van der Waals surface area contributed by atoms with E-state index in [2.05, 4.69) is 0 Å². The highest BCUT2D eigenvalue weighted by Crippen LogP contribution is 2.14. The van der Waals surface area contributed by atoms with E-state index in [0.717, 1.165) is 5.56 Å². The van der Waals surface area contributed by atoms with Crippen molar-refractivity contribution in [2.24, 2.45) is 0 Å². The molecule has 15 heavy (non-hydrogen) atoms. The number of aliphatic carboxylic acids is 1. The van der Waals surface area contributed by atoms with Gasteiger partial charge in [-0.15, -0.1) is 0 Å². The van der Waals surface area contributed by atoms with E-state index < -0.39 is 5.97 Å². The molecule has 0 aromatic heterocycles. The number of rotatable bonds is 5. The molecule has 0 fully saturated rings. The van der Waals surface area contributed by atoms with Crippen LogP contribution in [0.4, 0.5) is 0 Å². The summed E-state index contributed by atoms with van der Waals surface area (Å²) >= 11 is 0. The third-order valence-corrected chi connectivity index (χ3v) is 1.91. The van der Waals surface area contributed by atoms with Gasteiger partial charge in [-0.05, 0) is 24.6 Å². The Morgan fingerprint density at radius 3 is 2.47 bits per heavy atom. The summed E-state index contributed by atoms with van der Waals surface area (Å²) in [6.45, 7) is 1.78. The molecule has 1 aromatic carbocycles. The second-order valence-electron chi connectivity index (χ2n) is 3.14. The quantitative estimate of drug-likeness (QED) is 0.751. The minimum atomic E-state index is -0.839. The van der Waals surface area contributed by atoms with E-state index in [1.54, 1.807) is 38.3 Å². The summed E-state index contributed by atoms with van der Waals surface area (Å²) < 4.78 is 10.3. The molecule has 0 saturated heterocycles. The van der Waals surface area contributed by atoms with Crippen LogP contribution in [0.15, 0.2) is 24.3 Å². The smallest absolute Gasteiger partial charge is 0.307 e. The van der Waals surface area contributed by atoms with Crippen LogP contribution >= 0.6 is 0 Å². The number of ether oxygens (including phenoxy) is 2. The van der Waals surface area contributed by atoms with Crippen molar-refractivity contribution in [2.75, 3.05) is 7.11 Å². The van der Waals surface area contributed by atoms with Gasteiger partial charge in [0.2, 0.25) is 0 Å². The van der Waals surface area contributed by atoms with Crippen molar-refractivity contribution in [1.29, 1.82) is 0 Å². The van der Waals surface area contributed by atoms with Gasteiger partial charge < -0.3 is 14.6 Å². The number of carboxylic acid groups (broad SMARTS) is 1. The Morgan fingerprint density at radius 1 is 1.40 bits per heavy atom. The van der Waals surface area contributed by atoms with Gasteiger partial charge in [0, 0.05) is 7.11 Å². The highest BCUT2D eigenvalue weighted by atomic mass is 16.7. The Morgan fingerprint density at radius 2 is 2.00 bits per heavy atom. The maximum atomic E-state index is 10.4. The molecule has 4 heteroatoms. The fraction of sp³-hybridized carbons (Fsp3) is 0.364. The van der Waals surface area contributed by atoms with Crippen LogP contribution in [0.1, 0.15) is 12.5 Å². The predicted molar refractivity (Wildman–Crippen MR) is 54.9 cm³/mol. The number of benzene rings is 1. The van der Waals surface area contributed by atoms with E-state index in [-0.39, 0.29) is 12.7 Å². The monoisotopic (exact) mass is 210 g/mol. The van der Waals surface area contributed by atoms with Crippen molar-refractivity contribution < 1.29 is 19.4 Å². The van der Waals surface area contributed by atoms with Crippen LogP contribution in [0.3, 0.4) is 0 Å². The van der Waals surface area contributed by atoms with Gasteiger partial charge in [0.1, 0.15) is 5.75 Å². The summed E-state index contributed by atoms with van der Waals surface area (Å²) in [4.78, 5) is 10.4. The minimum absolute atomic E-state index is 0.0279. The molecular formula is C11H14O4. The fourth-order valence-corrected chi connectivity index (χ4v) is 1.10. The first-order valence-electron chi connectivity index (χ1n) is 4.62. The predicted octanol–water partition coefficient (Wildman–Crippen LogP) is 1.68. The van der Waals surface area contributed by atoms with Gasteiger partial charge in [-0.25, -0.2) is 0 Å². The van der Waals surface area contributed by atoms with E-state index in [9.17, 15) is 4.79 Å². The summed E-state index contributed by atoms with van der Waals surface area (Å²) in [6.07, 6.45) is -0.282. The lowest BCUT2D eigenvalue weighted by molar-refractivity contribution is -0.136. The van der Waals surface area contributed by atoms with Crippen molar-refractivity contribution in [3.63, 3.8) is 0 Å². The van der Waals surface area contributed by atoms with E-state index in [1.807, 2.05) is 0 Å². The zero-order chi connectivity index (χ0) is 11.3. The zero-order valence-corrected chi connectivity index (χ0v) is 8.77. The summed E-state index contributed by atoms with van der Waals surface area (Å²) in [5.74, 6) is -0.174. The standard InChI is InChI=1S/C11H14O4/c1-8(14-2)15-10-5-3-9(4-6-10)7-11(12)13/h3-6,8H,7H2,1-2H3,(H,12,13). The summed E-state index contributed by atoms with van der Waals surface area (Å²) in [5, 5.41) is 8.57. The number of hydrogen-bond acceptors (Lipinski definition) is 3. The summed E-state index contributed by atoms with van der Waals surface area (Å²) in [6, 6.07) is 6.92. The molecule has 1 N–H and O–H groups in total. The second-order valence-corrected chi connectivity index (χ2v) is 3.14. The van der Waals surface area contributed by atoms with Crippen molar-refractivity contribution in [3.05, 3.63) is 29.8 Å². The molecule has 0 radical (unpaired) electrons. The second kappa shape index (κ2) is 5.36. The molecule has 1 aromatic rings. The molecule has 1 rings (SSSR count). The number of methoxy groups -OCH3 is 1. The Kier molecular flexibility index (Phi) is 4.12. The van der Waals surface area contributed by atoms with Crippen molar-refractivity contribution >= 4 is 5.97 Å². The molecule has 0 bridgehead atoms. The van der Waals surface area contributed by atoms with Crippen LogP contribution in [0.25, 0.3) is 0 Å². The molecule has 0 amide bonds. The van der Waals surface area contributed by atoms with Crippen LogP contribution in [-0.2, 0) is 16.0 Å². The van der Waals surface area contributed by atoms with Crippen LogP contribution in [-0.4, -0.2) is 24.5 Å². The first-order chi connectivity index (χ1) is 7.11. The topological polar surface area (TPSA) is 55.8 Å². The van der Waals surface area contributed by atoms with Gasteiger partial charge in [0.25, 0.3) is 0 Å².